The molecule has 0 atom stereocenters. The Hall–Kier alpha value is -2.29. The Bertz CT molecular complexity index is 615. The molecular formula is C17H19NO2. The summed E-state index contributed by atoms with van der Waals surface area (Å²) in [6.07, 6.45) is 0. The van der Waals surface area contributed by atoms with Gasteiger partial charge in [-0.2, -0.15) is 0 Å². The van der Waals surface area contributed by atoms with Crippen LogP contribution in [0.25, 0.3) is 0 Å². The lowest BCUT2D eigenvalue weighted by molar-refractivity contribution is 0.0908. The van der Waals surface area contributed by atoms with Gasteiger partial charge in [0.1, 0.15) is 5.75 Å². The number of ketones is 1. The first-order chi connectivity index (χ1) is 9.45. The number of nitrogens with two attached hydrogens (primary N) is 1. The maximum atomic E-state index is 12.7. The molecule has 0 spiro atoms. The minimum Gasteiger partial charge on any atom is -0.497 e. The standard InChI is InChI=1S/C17H19NO2/c1-17(2,13-7-9-14(18)10-8-13)16(19)12-5-4-6-15(11-12)20-3/h4-11H,18H2,1-3H3. The Morgan fingerprint density at radius 3 is 2.35 bits per heavy atom. The summed E-state index contributed by atoms with van der Waals surface area (Å²) >= 11 is 0. The topological polar surface area (TPSA) is 52.3 Å². The molecule has 0 saturated heterocycles. The molecule has 3 heteroatoms. The van der Waals surface area contributed by atoms with Crippen molar-refractivity contribution in [1.29, 1.82) is 0 Å². The van der Waals surface area contributed by atoms with E-state index in [1.54, 1.807) is 13.2 Å². The molecule has 0 bridgehead atoms. The molecule has 0 aliphatic carbocycles. The molecule has 2 aromatic carbocycles. The third kappa shape index (κ3) is 2.67. The van der Waals surface area contributed by atoms with E-state index >= 15 is 0 Å². The van der Waals surface area contributed by atoms with Crippen molar-refractivity contribution >= 4 is 11.5 Å². The Kier molecular flexibility index (Phi) is 3.79. The van der Waals surface area contributed by atoms with Gasteiger partial charge in [-0.15, -0.1) is 0 Å². The van der Waals surface area contributed by atoms with E-state index in [1.807, 2.05) is 56.3 Å². The van der Waals surface area contributed by atoms with Gasteiger partial charge in [0.2, 0.25) is 0 Å². The van der Waals surface area contributed by atoms with Crippen molar-refractivity contribution in [2.75, 3.05) is 12.8 Å². The first kappa shape index (κ1) is 14.1. The predicted octanol–water partition coefficient (Wildman–Crippen LogP) is 3.44. The van der Waals surface area contributed by atoms with Gasteiger partial charge in [-0.25, -0.2) is 0 Å². The monoisotopic (exact) mass is 269 g/mol. The molecule has 0 amide bonds. The fourth-order valence-electron chi connectivity index (χ4n) is 2.16. The van der Waals surface area contributed by atoms with Crippen molar-refractivity contribution < 1.29 is 9.53 Å². The normalized spacial score (nSPS) is 11.2. The van der Waals surface area contributed by atoms with E-state index < -0.39 is 5.41 Å². The van der Waals surface area contributed by atoms with Crippen LogP contribution in [0.15, 0.2) is 48.5 Å². The molecule has 0 heterocycles. The molecule has 0 saturated carbocycles. The molecule has 0 aromatic heterocycles. The zero-order chi connectivity index (χ0) is 14.8. The van der Waals surface area contributed by atoms with E-state index in [4.69, 9.17) is 10.5 Å². The van der Waals surface area contributed by atoms with Crippen molar-refractivity contribution in [2.45, 2.75) is 19.3 Å². The Balaban J connectivity index is 2.37. The van der Waals surface area contributed by atoms with Gasteiger partial charge in [0.15, 0.2) is 5.78 Å². The average molecular weight is 269 g/mol. The number of carbonyl (C=O) groups is 1. The lowest BCUT2D eigenvalue weighted by Crippen LogP contribution is -2.29. The summed E-state index contributed by atoms with van der Waals surface area (Å²) in [5, 5.41) is 0. The first-order valence-corrected chi connectivity index (χ1v) is 6.50. The number of rotatable bonds is 4. The van der Waals surface area contributed by atoms with Crippen LogP contribution >= 0.6 is 0 Å². The van der Waals surface area contributed by atoms with E-state index in [-0.39, 0.29) is 5.78 Å². The molecule has 0 aliphatic rings. The highest BCUT2D eigenvalue weighted by Crippen LogP contribution is 2.29. The van der Waals surface area contributed by atoms with Gasteiger partial charge in [0.25, 0.3) is 0 Å². The quantitative estimate of drug-likeness (QED) is 0.683. The smallest absolute Gasteiger partial charge is 0.172 e. The van der Waals surface area contributed by atoms with E-state index in [1.165, 1.54) is 0 Å². The minimum absolute atomic E-state index is 0.0566. The summed E-state index contributed by atoms with van der Waals surface area (Å²) in [5.74, 6) is 0.741. The van der Waals surface area contributed by atoms with Crippen LogP contribution in [0, 0.1) is 0 Å². The van der Waals surface area contributed by atoms with Crippen molar-refractivity contribution in [3.63, 3.8) is 0 Å². The largest absolute Gasteiger partial charge is 0.497 e. The molecule has 0 fully saturated rings. The summed E-state index contributed by atoms with van der Waals surface area (Å²) in [4.78, 5) is 12.7. The Morgan fingerprint density at radius 2 is 1.75 bits per heavy atom. The van der Waals surface area contributed by atoms with Crippen LogP contribution in [0.5, 0.6) is 5.75 Å². The summed E-state index contributed by atoms with van der Waals surface area (Å²) < 4.78 is 5.17. The highest BCUT2D eigenvalue weighted by Gasteiger charge is 2.30. The van der Waals surface area contributed by atoms with E-state index in [0.29, 0.717) is 17.0 Å². The first-order valence-electron chi connectivity index (χ1n) is 6.50. The number of benzene rings is 2. The van der Waals surface area contributed by atoms with Gasteiger partial charge in [-0.3, -0.25) is 4.79 Å². The van der Waals surface area contributed by atoms with E-state index in [9.17, 15) is 4.79 Å². The zero-order valence-electron chi connectivity index (χ0n) is 12.0. The third-order valence-electron chi connectivity index (χ3n) is 3.53. The van der Waals surface area contributed by atoms with Crippen LogP contribution in [-0.2, 0) is 5.41 Å². The summed E-state index contributed by atoms with van der Waals surface area (Å²) in [6.45, 7) is 3.83. The number of Topliss-reactive ketones (excluding diaryl/α,β-unsaturated/α-hetero) is 1. The molecule has 3 nitrogen and oxygen atoms in total. The van der Waals surface area contributed by atoms with Crippen LogP contribution in [0.4, 0.5) is 5.69 Å². The molecule has 2 rings (SSSR count). The highest BCUT2D eigenvalue weighted by atomic mass is 16.5. The van der Waals surface area contributed by atoms with Crippen LogP contribution in [0.3, 0.4) is 0 Å². The van der Waals surface area contributed by atoms with Crippen LogP contribution in [0.1, 0.15) is 29.8 Å². The van der Waals surface area contributed by atoms with E-state index in [2.05, 4.69) is 0 Å². The van der Waals surface area contributed by atoms with Crippen molar-refractivity contribution in [1.82, 2.24) is 0 Å². The van der Waals surface area contributed by atoms with Crippen LogP contribution in [0.2, 0.25) is 0 Å². The van der Waals surface area contributed by atoms with Gasteiger partial charge in [0.05, 0.1) is 12.5 Å². The Labute approximate surface area is 119 Å². The summed E-state index contributed by atoms with van der Waals surface area (Å²) in [6, 6.07) is 14.6. The molecule has 0 aliphatic heterocycles. The van der Waals surface area contributed by atoms with Crippen LogP contribution < -0.4 is 10.5 Å². The van der Waals surface area contributed by atoms with Crippen molar-refractivity contribution in [2.24, 2.45) is 0 Å². The predicted molar refractivity (Wildman–Crippen MR) is 81.2 cm³/mol. The molecule has 2 aromatic rings. The summed E-state index contributed by atoms with van der Waals surface area (Å²) in [7, 11) is 1.59. The maximum Gasteiger partial charge on any atom is 0.172 e. The highest BCUT2D eigenvalue weighted by molar-refractivity contribution is 6.03. The lowest BCUT2D eigenvalue weighted by Gasteiger charge is -2.24. The molecule has 20 heavy (non-hydrogen) atoms. The fourth-order valence-corrected chi connectivity index (χ4v) is 2.16. The second kappa shape index (κ2) is 5.37. The average Bonchev–Trinajstić information content (AvgIpc) is 2.47. The number of carbonyl (C=O) groups excluding carboxylic acids is 1. The van der Waals surface area contributed by atoms with Crippen molar-refractivity contribution in [3.8, 4) is 5.75 Å². The Morgan fingerprint density at radius 1 is 1.10 bits per heavy atom. The van der Waals surface area contributed by atoms with Crippen molar-refractivity contribution in [3.05, 3.63) is 59.7 Å². The van der Waals surface area contributed by atoms with Gasteiger partial charge < -0.3 is 10.5 Å². The minimum atomic E-state index is -0.611. The number of hydrogen-bond acceptors (Lipinski definition) is 3. The molecule has 0 radical (unpaired) electrons. The second-order valence-electron chi connectivity index (χ2n) is 5.31. The van der Waals surface area contributed by atoms with Gasteiger partial charge >= 0.3 is 0 Å². The molecule has 104 valence electrons. The number of ether oxygens (including phenoxy) is 1. The molecular weight excluding hydrogens is 250 g/mol. The van der Waals surface area contributed by atoms with E-state index in [0.717, 1.165) is 5.56 Å². The number of anilines is 1. The number of nitrogen functional groups attached to an aromatic ring is 1. The lowest BCUT2D eigenvalue weighted by atomic mass is 9.78. The number of methoxy groups -OCH3 is 1. The fraction of sp³-hybridized carbons (Fsp3) is 0.235. The van der Waals surface area contributed by atoms with Gasteiger partial charge in [0, 0.05) is 11.3 Å². The molecule has 2 N–H and O–H groups in total. The summed E-state index contributed by atoms with van der Waals surface area (Å²) in [5.41, 5.74) is 7.36. The SMILES string of the molecule is COc1cccc(C(=O)C(C)(C)c2ccc(N)cc2)c1. The number of hydrogen-bond donors (Lipinski definition) is 1. The van der Waals surface area contributed by atoms with Gasteiger partial charge in [-0.1, -0.05) is 24.3 Å². The van der Waals surface area contributed by atoms with Gasteiger partial charge in [-0.05, 0) is 43.7 Å². The van der Waals surface area contributed by atoms with Crippen LogP contribution in [-0.4, -0.2) is 12.9 Å². The second-order valence-corrected chi connectivity index (χ2v) is 5.31. The molecule has 0 unspecified atom stereocenters. The zero-order valence-corrected chi connectivity index (χ0v) is 12.0. The maximum absolute atomic E-state index is 12.7. The third-order valence-corrected chi connectivity index (χ3v) is 3.53.